The second-order valence-electron chi connectivity index (χ2n) is 5.59. The van der Waals surface area contributed by atoms with E-state index in [0.717, 1.165) is 48.5 Å². The van der Waals surface area contributed by atoms with Gasteiger partial charge in [0.15, 0.2) is 0 Å². The monoisotopic (exact) mass is 274 g/mol. The van der Waals surface area contributed by atoms with Crippen LogP contribution in [0.1, 0.15) is 31.5 Å². The topological polar surface area (TPSA) is 78.2 Å². The predicted octanol–water partition coefficient (Wildman–Crippen LogP) is 1.88. The Morgan fingerprint density at radius 1 is 1.45 bits per heavy atom. The number of likely N-dealkylation sites (tertiary alicyclic amines) is 1. The van der Waals surface area contributed by atoms with Crippen LogP contribution >= 0.6 is 0 Å². The van der Waals surface area contributed by atoms with Gasteiger partial charge in [-0.05, 0) is 50.4 Å². The molecule has 20 heavy (non-hydrogen) atoms. The van der Waals surface area contributed by atoms with Gasteiger partial charge in [0, 0.05) is 18.3 Å². The minimum atomic E-state index is 0.286. The molecule has 1 fully saturated rings. The molecular formula is C15H22N4O. The first kappa shape index (κ1) is 13.4. The fourth-order valence-electron chi connectivity index (χ4n) is 3.10. The summed E-state index contributed by atoms with van der Waals surface area (Å²) in [6, 6.07) is 6.35. The van der Waals surface area contributed by atoms with Crippen molar-refractivity contribution in [2.45, 2.75) is 38.3 Å². The van der Waals surface area contributed by atoms with Crippen LogP contribution in [0.5, 0.6) is 0 Å². The Bertz CT molecular complexity index is 580. The third-order valence-electron chi connectivity index (χ3n) is 4.10. The average molecular weight is 274 g/mol. The van der Waals surface area contributed by atoms with Gasteiger partial charge in [-0.3, -0.25) is 4.90 Å². The maximum Gasteiger partial charge on any atom is 0.121 e. The number of benzene rings is 1. The fourth-order valence-corrected chi connectivity index (χ4v) is 3.10. The Hall–Kier alpha value is -1.59. The number of nitrogens with one attached hydrogen (secondary N) is 1. The van der Waals surface area contributed by atoms with Crippen LogP contribution in [0.15, 0.2) is 18.2 Å². The zero-order chi connectivity index (χ0) is 13.9. The van der Waals surface area contributed by atoms with Crippen LogP contribution in [0.4, 0.5) is 5.69 Å². The number of H-pyrrole nitrogens is 1. The highest BCUT2D eigenvalue weighted by atomic mass is 16.2. The van der Waals surface area contributed by atoms with Gasteiger partial charge < -0.3 is 15.8 Å². The Morgan fingerprint density at radius 3 is 3.20 bits per heavy atom. The summed E-state index contributed by atoms with van der Waals surface area (Å²) < 4.78 is 0. The summed E-state index contributed by atoms with van der Waals surface area (Å²) in [7, 11) is 0. The number of nitrogens with two attached hydrogens (primary N) is 1. The smallest absolute Gasteiger partial charge is 0.121 e. The van der Waals surface area contributed by atoms with E-state index in [1.807, 2.05) is 18.2 Å². The number of imidazole rings is 1. The first-order chi connectivity index (χ1) is 9.76. The van der Waals surface area contributed by atoms with Crippen molar-refractivity contribution in [3.05, 3.63) is 24.0 Å². The van der Waals surface area contributed by atoms with Gasteiger partial charge in [0.1, 0.15) is 5.82 Å². The van der Waals surface area contributed by atoms with Crippen LogP contribution in [-0.2, 0) is 6.54 Å². The van der Waals surface area contributed by atoms with Crippen molar-refractivity contribution in [3.63, 3.8) is 0 Å². The molecule has 1 aliphatic rings. The summed E-state index contributed by atoms with van der Waals surface area (Å²) in [5, 5.41) is 8.97. The summed E-state index contributed by atoms with van der Waals surface area (Å²) >= 11 is 0. The van der Waals surface area contributed by atoms with E-state index in [4.69, 9.17) is 10.8 Å². The summed E-state index contributed by atoms with van der Waals surface area (Å²) in [6.45, 7) is 2.26. The van der Waals surface area contributed by atoms with Gasteiger partial charge in [0.05, 0.1) is 17.6 Å². The van der Waals surface area contributed by atoms with Gasteiger partial charge in [-0.1, -0.05) is 0 Å². The van der Waals surface area contributed by atoms with E-state index in [2.05, 4.69) is 14.9 Å². The summed E-state index contributed by atoms with van der Waals surface area (Å²) in [4.78, 5) is 10.5. The molecule has 5 heteroatoms. The second kappa shape index (κ2) is 5.81. The van der Waals surface area contributed by atoms with Gasteiger partial charge in [0.2, 0.25) is 0 Å². The minimum absolute atomic E-state index is 0.286. The maximum atomic E-state index is 8.97. The lowest BCUT2D eigenvalue weighted by molar-refractivity contribution is 0.207. The number of nitrogens with zero attached hydrogens (tertiary/aromatic N) is 2. The van der Waals surface area contributed by atoms with E-state index >= 15 is 0 Å². The van der Waals surface area contributed by atoms with Crippen molar-refractivity contribution in [3.8, 4) is 0 Å². The van der Waals surface area contributed by atoms with Crippen LogP contribution in [0.3, 0.4) is 0 Å². The number of aliphatic hydroxyl groups is 1. The van der Waals surface area contributed by atoms with Crippen molar-refractivity contribution in [2.24, 2.45) is 0 Å². The number of hydrogen-bond acceptors (Lipinski definition) is 4. The molecule has 1 saturated heterocycles. The summed E-state index contributed by atoms with van der Waals surface area (Å²) in [5.74, 6) is 1.00. The van der Waals surface area contributed by atoms with E-state index < -0.39 is 0 Å². The maximum absolute atomic E-state index is 8.97. The molecule has 1 aliphatic heterocycles. The van der Waals surface area contributed by atoms with Crippen LogP contribution in [0, 0.1) is 0 Å². The molecule has 3 rings (SSSR count). The molecule has 5 nitrogen and oxygen atoms in total. The lowest BCUT2D eigenvalue weighted by Crippen LogP contribution is -2.29. The van der Waals surface area contributed by atoms with Crippen molar-refractivity contribution in [2.75, 3.05) is 18.9 Å². The highest BCUT2D eigenvalue weighted by Crippen LogP contribution is 2.24. The molecular weight excluding hydrogens is 252 g/mol. The number of anilines is 1. The lowest BCUT2D eigenvalue weighted by Gasteiger charge is -2.23. The van der Waals surface area contributed by atoms with Gasteiger partial charge in [-0.2, -0.15) is 0 Å². The van der Waals surface area contributed by atoms with Crippen LogP contribution in [0.25, 0.3) is 11.0 Å². The number of aromatic nitrogens is 2. The van der Waals surface area contributed by atoms with Crippen molar-refractivity contribution in [1.29, 1.82) is 0 Å². The SMILES string of the molecule is Nc1ccc2nc(CN3CCCC3CCCO)[nH]c2c1. The average Bonchev–Trinajstić information content (AvgIpc) is 3.02. The van der Waals surface area contributed by atoms with Crippen molar-refractivity contribution < 1.29 is 5.11 Å². The van der Waals surface area contributed by atoms with E-state index in [9.17, 15) is 0 Å². The van der Waals surface area contributed by atoms with Gasteiger partial charge in [-0.15, -0.1) is 0 Å². The second-order valence-corrected chi connectivity index (χ2v) is 5.59. The fraction of sp³-hybridized carbons (Fsp3) is 0.533. The van der Waals surface area contributed by atoms with Crippen molar-refractivity contribution in [1.82, 2.24) is 14.9 Å². The Balaban J connectivity index is 1.71. The third kappa shape index (κ3) is 2.78. The number of aliphatic hydroxyl groups excluding tert-OH is 1. The standard InChI is InChI=1S/C15H22N4O/c16-11-5-6-13-14(9-11)18-15(17-13)10-19-7-1-3-12(19)4-2-8-20/h5-6,9,12,20H,1-4,7-8,10,16H2,(H,17,18). The van der Waals surface area contributed by atoms with E-state index in [0.29, 0.717) is 6.04 Å². The first-order valence-corrected chi connectivity index (χ1v) is 7.35. The van der Waals surface area contributed by atoms with Crippen LogP contribution in [-0.4, -0.2) is 39.2 Å². The Labute approximate surface area is 118 Å². The first-order valence-electron chi connectivity index (χ1n) is 7.35. The number of aromatic amines is 1. The molecule has 0 radical (unpaired) electrons. The molecule has 1 aromatic heterocycles. The van der Waals surface area contributed by atoms with Crippen LogP contribution < -0.4 is 5.73 Å². The molecule has 2 aromatic rings. The summed E-state index contributed by atoms with van der Waals surface area (Å²) in [6.07, 6.45) is 4.43. The third-order valence-corrected chi connectivity index (χ3v) is 4.10. The Morgan fingerprint density at radius 2 is 2.35 bits per heavy atom. The highest BCUT2D eigenvalue weighted by Gasteiger charge is 2.24. The number of rotatable bonds is 5. The number of fused-ring (bicyclic) bond motifs is 1. The molecule has 1 atom stereocenters. The quantitative estimate of drug-likeness (QED) is 0.727. The Kier molecular flexibility index (Phi) is 3.89. The molecule has 0 bridgehead atoms. The molecule has 0 amide bonds. The van der Waals surface area contributed by atoms with Crippen LogP contribution in [0.2, 0.25) is 0 Å². The molecule has 0 aliphatic carbocycles. The summed E-state index contributed by atoms with van der Waals surface area (Å²) in [5.41, 5.74) is 8.53. The van der Waals surface area contributed by atoms with Gasteiger partial charge in [-0.25, -0.2) is 4.98 Å². The minimum Gasteiger partial charge on any atom is -0.399 e. The van der Waals surface area contributed by atoms with Gasteiger partial charge in [0.25, 0.3) is 0 Å². The van der Waals surface area contributed by atoms with E-state index in [1.165, 1.54) is 12.8 Å². The molecule has 0 spiro atoms. The van der Waals surface area contributed by atoms with E-state index in [1.54, 1.807) is 0 Å². The van der Waals surface area contributed by atoms with Gasteiger partial charge >= 0.3 is 0 Å². The number of nitrogen functional groups attached to an aromatic ring is 1. The molecule has 2 heterocycles. The van der Waals surface area contributed by atoms with Crippen molar-refractivity contribution >= 4 is 16.7 Å². The lowest BCUT2D eigenvalue weighted by atomic mass is 10.1. The normalized spacial score (nSPS) is 19.9. The molecule has 1 unspecified atom stereocenters. The zero-order valence-electron chi connectivity index (χ0n) is 11.7. The number of hydrogen-bond donors (Lipinski definition) is 3. The largest absolute Gasteiger partial charge is 0.399 e. The molecule has 4 N–H and O–H groups in total. The molecule has 108 valence electrons. The zero-order valence-corrected chi connectivity index (χ0v) is 11.7. The predicted molar refractivity (Wildman–Crippen MR) is 80.3 cm³/mol. The highest BCUT2D eigenvalue weighted by molar-refractivity contribution is 5.78. The molecule has 1 aromatic carbocycles. The molecule has 0 saturated carbocycles. The van der Waals surface area contributed by atoms with E-state index in [-0.39, 0.29) is 6.61 Å².